The van der Waals surface area contributed by atoms with E-state index < -0.39 is 0 Å². The summed E-state index contributed by atoms with van der Waals surface area (Å²) in [5.74, 6) is -0.0811. The number of carbonyl (C=O) groups excluding carboxylic acids is 1. The first-order valence-corrected chi connectivity index (χ1v) is 6.88. The molecule has 3 N–H and O–H groups in total. The number of rotatable bonds is 4. The summed E-state index contributed by atoms with van der Waals surface area (Å²) in [6.45, 7) is 6.07. The molecule has 1 aromatic heterocycles. The zero-order chi connectivity index (χ0) is 15.5. The molecule has 0 aliphatic rings. The highest BCUT2D eigenvalue weighted by molar-refractivity contribution is 5.91. The first-order valence-electron chi connectivity index (χ1n) is 6.88. The quantitative estimate of drug-likeness (QED) is 0.900. The van der Waals surface area contributed by atoms with Crippen molar-refractivity contribution in [2.24, 2.45) is 11.1 Å². The van der Waals surface area contributed by atoms with Crippen molar-refractivity contribution in [3.8, 4) is 5.69 Å². The van der Waals surface area contributed by atoms with E-state index in [2.05, 4.69) is 15.5 Å². The minimum Gasteiger partial charge on any atom is -0.327 e. The van der Waals surface area contributed by atoms with Crippen molar-refractivity contribution in [3.63, 3.8) is 0 Å². The number of nitrogens with one attached hydrogen (secondary N) is 1. The van der Waals surface area contributed by atoms with Gasteiger partial charge in [-0.3, -0.25) is 4.79 Å². The molecule has 112 valence electrons. The predicted molar refractivity (Wildman–Crippen MR) is 82.0 cm³/mol. The van der Waals surface area contributed by atoms with E-state index in [1.165, 1.54) is 4.80 Å². The number of nitrogens with two attached hydrogens (primary N) is 1. The van der Waals surface area contributed by atoms with E-state index in [0.717, 1.165) is 11.4 Å². The summed E-state index contributed by atoms with van der Waals surface area (Å²) in [6.07, 6.45) is 3.53. The highest BCUT2D eigenvalue weighted by atomic mass is 16.1. The minimum atomic E-state index is -0.176. The monoisotopic (exact) mass is 287 g/mol. The first kappa shape index (κ1) is 15.2. The van der Waals surface area contributed by atoms with Crippen LogP contribution in [0.1, 0.15) is 27.2 Å². The number of carbonyl (C=O) groups is 1. The Morgan fingerprint density at radius 2 is 1.81 bits per heavy atom. The SMILES string of the molecule is CC(C)(C)C(N)CC(=O)Nc1ccc(-n2nccn2)cc1. The molecule has 1 aromatic carbocycles. The molecule has 0 radical (unpaired) electrons. The van der Waals surface area contributed by atoms with Crippen LogP contribution >= 0.6 is 0 Å². The Kier molecular flexibility index (Phi) is 4.37. The fourth-order valence-electron chi connectivity index (χ4n) is 1.75. The molecule has 1 atom stereocenters. The van der Waals surface area contributed by atoms with Crippen molar-refractivity contribution >= 4 is 11.6 Å². The van der Waals surface area contributed by atoms with Crippen molar-refractivity contribution in [2.75, 3.05) is 5.32 Å². The lowest BCUT2D eigenvalue weighted by atomic mass is 9.85. The summed E-state index contributed by atoms with van der Waals surface area (Å²) in [5.41, 5.74) is 7.49. The number of amides is 1. The maximum atomic E-state index is 12.0. The summed E-state index contributed by atoms with van der Waals surface area (Å²) >= 11 is 0. The Bertz CT molecular complexity index is 584. The van der Waals surface area contributed by atoms with Crippen LogP contribution < -0.4 is 11.1 Å². The van der Waals surface area contributed by atoms with Gasteiger partial charge in [-0.1, -0.05) is 20.8 Å². The van der Waals surface area contributed by atoms with Crippen LogP contribution in [0.3, 0.4) is 0 Å². The number of hydrogen-bond acceptors (Lipinski definition) is 4. The van der Waals surface area contributed by atoms with Gasteiger partial charge in [-0.15, -0.1) is 0 Å². The van der Waals surface area contributed by atoms with Crippen LogP contribution in [0, 0.1) is 5.41 Å². The lowest BCUT2D eigenvalue weighted by Crippen LogP contribution is -2.38. The Morgan fingerprint density at radius 1 is 1.24 bits per heavy atom. The van der Waals surface area contributed by atoms with Crippen LogP contribution in [0.2, 0.25) is 0 Å². The second-order valence-corrected chi connectivity index (χ2v) is 6.09. The molecule has 2 rings (SSSR count). The van der Waals surface area contributed by atoms with Gasteiger partial charge in [-0.05, 0) is 29.7 Å². The molecule has 6 heteroatoms. The van der Waals surface area contributed by atoms with E-state index in [4.69, 9.17) is 5.73 Å². The molecule has 0 bridgehead atoms. The van der Waals surface area contributed by atoms with Gasteiger partial charge in [0.05, 0.1) is 18.1 Å². The number of anilines is 1. The summed E-state index contributed by atoms with van der Waals surface area (Å²) in [7, 11) is 0. The highest BCUT2D eigenvalue weighted by Crippen LogP contribution is 2.20. The van der Waals surface area contributed by atoms with Crippen molar-refractivity contribution in [1.82, 2.24) is 15.0 Å². The molecule has 0 spiro atoms. The Labute approximate surface area is 124 Å². The van der Waals surface area contributed by atoms with Gasteiger partial charge in [0, 0.05) is 18.2 Å². The number of aromatic nitrogens is 3. The summed E-state index contributed by atoms with van der Waals surface area (Å²) in [5, 5.41) is 10.9. The molecule has 2 aromatic rings. The lowest BCUT2D eigenvalue weighted by Gasteiger charge is -2.26. The van der Waals surface area contributed by atoms with Gasteiger partial charge in [0.2, 0.25) is 5.91 Å². The largest absolute Gasteiger partial charge is 0.327 e. The van der Waals surface area contributed by atoms with Crippen LogP contribution in [-0.2, 0) is 4.79 Å². The topological polar surface area (TPSA) is 85.8 Å². The second kappa shape index (κ2) is 6.05. The molecule has 1 unspecified atom stereocenters. The van der Waals surface area contributed by atoms with Gasteiger partial charge >= 0.3 is 0 Å². The number of hydrogen-bond donors (Lipinski definition) is 2. The van der Waals surface area contributed by atoms with Crippen molar-refractivity contribution in [1.29, 1.82) is 0 Å². The standard InChI is InChI=1S/C15H21N5O/c1-15(2,3)13(16)10-14(21)19-11-4-6-12(7-5-11)20-17-8-9-18-20/h4-9,13H,10,16H2,1-3H3,(H,19,21). The Balaban J connectivity index is 1.96. The maximum absolute atomic E-state index is 12.0. The molecule has 1 heterocycles. The molecule has 6 nitrogen and oxygen atoms in total. The molecule has 0 saturated heterocycles. The van der Waals surface area contributed by atoms with E-state index in [0.29, 0.717) is 6.42 Å². The molecular formula is C15H21N5O. The van der Waals surface area contributed by atoms with Crippen molar-refractivity contribution in [2.45, 2.75) is 33.2 Å². The third kappa shape index (κ3) is 4.13. The van der Waals surface area contributed by atoms with E-state index in [9.17, 15) is 4.79 Å². The Hall–Kier alpha value is -2.21. The zero-order valence-corrected chi connectivity index (χ0v) is 12.6. The van der Waals surface area contributed by atoms with Crippen molar-refractivity contribution < 1.29 is 4.79 Å². The molecule has 0 fully saturated rings. The molecule has 1 amide bonds. The summed E-state index contributed by atoms with van der Waals surface area (Å²) in [6, 6.07) is 7.15. The van der Waals surface area contributed by atoms with Crippen LogP contribution in [0.5, 0.6) is 0 Å². The fourth-order valence-corrected chi connectivity index (χ4v) is 1.75. The van der Waals surface area contributed by atoms with Crippen LogP contribution in [0.4, 0.5) is 5.69 Å². The summed E-state index contributed by atoms with van der Waals surface area (Å²) < 4.78 is 0. The van der Waals surface area contributed by atoms with Crippen LogP contribution in [0.25, 0.3) is 5.69 Å². The normalized spacial score (nSPS) is 13.0. The maximum Gasteiger partial charge on any atom is 0.225 e. The molecule has 0 aliphatic carbocycles. The van der Waals surface area contributed by atoms with E-state index in [1.54, 1.807) is 12.4 Å². The molecule has 0 aliphatic heterocycles. The third-order valence-electron chi connectivity index (χ3n) is 3.32. The van der Waals surface area contributed by atoms with Gasteiger partial charge in [-0.2, -0.15) is 15.0 Å². The molecule has 0 saturated carbocycles. The number of nitrogens with zero attached hydrogens (tertiary/aromatic N) is 3. The van der Waals surface area contributed by atoms with E-state index >= 15 is 0 Å². The Morgan fingerprint density at radius 3 is 2.33 bits per heavy atom. The van der Waals surface area contributed by atoms with Gasteiger partial charge < -0.3 is 11.1 Å². The van der Waals surface area contributed by atoms with Gasteiger partial charge in [-0.25, -0.2) is 0 Å². The smallest absolute Gasteiger partial charge is 0.225 e. The predicted octanol–water partition coefficient (Wildman–Crippen LogP) is 1.97. The van der Waals surface area contributed by atoms with Gasteiger partial charge in [0.25, 0.3) is 0 Å². The first-order chi connectivity index (χ1) is 9.86. The van der Waals surface area contributed by atoms with E-state index in [-0.39, 0.29) is 17.4 Å². The van der Waals surface area contributed by atoms with Crippen molar-refractivity contribution in [3.05, 3.63) is 36.7 Å². The summed E-state index contributed by atoms with van der Waals surface area (Å²) in [4.78, 5) is 13.5. The van der Waals surface area contributed by atoms with Gasteiger partial charge in [0.15, 0.2) is 0 Å². The highest BCUT2D eigenvalue weighted by Gasteiger charge is 2.23. The molecular weight excluding hydrogens is 266 g/mol. The third-order valence-corrected chi connectivity index (χ3v) is 3.32. The van der Waals surface area contributed by atoms with Crippen LogP contribution in [-0.4, -0.2) is 26.9 Å². The van der Waals surface area contributed by atoms with Gasteiger partial charge in [0.1, 0.15) is 0 Å². The second-order valence-electron chi connectivity index (χ2n) is 6.09. The zero-order valence-electron chi connectivity index (χ0n) is 12.6. The lowest BCUT2D eigenvalue weighted by molar-refractivity contribution is -0.117. The molecule has 21 heavy (non-hydrogen) atoms. The van der Waals surface area contributed by atoms with E-state index in [1.807, 2.05) is 45.0 Å². The average molecular weight is 287 g/mol. The van der Waals surface area contributed by atoms with Crippen LogP contribution in [0.15, 0.2) is 36.7 Å². The fraction of sp³-hybridized carbons (Fsp3) is 0.400. The number of benzene rings is 1. The average Bonchev–Trinajstić information content (AvgIpc) is 2.92. The minimum absolute atomic E-state index is 0.0811.